The molecule has 2 aromatic rings. The highest BCUT2D eigenvalue weighted by Crippen LogP contribution is 2.14. The van der Waals surface area contributed by atoms with E-state index < -0.39 is 0 Å². The number of amides is 2. The largest absolute Gasteiger partial charge is 0.379 e. The number of nitrogens with zero attached hydrogens (tertiary/aromatic N) is 2. The molecule has 0 saturated carbocycles. The van der Waals surface area contributed by atoms with E-state index in [1.54, 1.807) is 42.5 Å². The van der Waals surface area contributed by atoms with Gasteiger partial charge in [-0.25, -0.2) is 4.98 Å². The van der Waals surface area contributed by atoms with E-state index in [1.807, 2.05) is 0 Å². The van der Waals surface area contributed by atoms with Crippen LogP contribution in [0.1, 0.15) is 21.0 Å². The van der Waals surface area contributed by atoms with Crippen molar-refractivity contribution in [1.82, 2.24) is 15.2 Å². The molecule has 0 radical (unpaired) electrons. The van der Waals surface area contributed by atoms with Crippen molar-refractivity contribution in [3.05, 3.63) is 58.9 Å². The van der Waals surface area contributed by atoms with Crippen molar-refractivity contribution < 1.29 is 14.3 Å². The lowest BCUT2D eigenvalue weighted by Gasteiger charge is -2.26. The summed E-state index contributed by atoms with van der Waals surface area (Å²) in [7, 11) is 0. The van der Waals surface area contributed by atoms with E-state index in [0.29, 0.717) is 17.3 Å². The highest BCUT2D eigenvalue weighted by atomic mass is 35.5. The van der Waals surface area contributed by atoms with Crippen LogP contribution in [0.5, 0.6) is 0 Å². The molecular formula is C19H21ClN4O3. The van der Waals surface area contributed by atoms with Gasteiger partial charge in [0.15, 0.2) is 0 Å². The SMILES string of the molecule is O=C(NCCN1CCOCC1)c1cccc(C(=O)Nc2ccc(Cl)cc2)n1. The average Bonchev–Trinajstić information content (AvgIpc) is 2.70. The lowest BCUT2D eigenvalue weighted by atomic mass is 10.2. The Kier molecular flexibility index (Phi) is 6.75. The number of carbonyl (C=O) groups is 2. The molecule has 0 spiro atoms. The maximum Gasteiger partial charge on any atom is 0.274 e. The number of ether oxygens (including phenoxy) is 1. The maximum atomic E-state index is 12.3. The number of rotatable bonds is 6. The Hall–Kier alpha value is -2.48. The Morgan fingerprint density at radius 3 is 2.41 bits per heavy atom. The number of hydrogen-bond donors (Lipinski definition) is 2. The fourth-order valence-corrected chi connectivity index (χ4v) is 2.78. The third-order valence-corrected chi connectivity index (χ3v) is 4.39. The van der Waals surface area contributed by atoms with Crippen molar-refractivity contribution >= 4 is 29.1 Å². The van der Waals surface area contributed by atoms with E-state index in [-0.39, 0.29) is 23.2 Å². The van der Waals surface area contributed by atoms with Gasteiger partial charge in [0.25, 0.3) is 11.8 Å². The number of halogens is 1. The summed E-state index contributed by atoms with van der Waals surface area (Å²) in [6.45, 7) is 4.46. The third-order valence-electron chi connectivity index (χ3n) is 4.13. The van der Waals surface area contributed by atoms with Gasteiger partial charge in [-0.05, 0) is 36.4 Å². The summed E-state index contributed by atoms with van der Waals surface area (Å²) in [4.78, 5) is 31.0. The van der Waals surface area contributed by atoms with Crippen LogP contribution >= 0.6 is 11.6 Å². The van der Waals surface area contributed by atoms with E-state index in [0.717, 1.165) is 32.8 Å². The number of hydrogen-bond acceptors (Lipinski definition) is 5. The highest BCUT2D eigenvalue weighted by Gasteiger charge is 2.14. The van der Waals surface area contributed by atoms with Crippen molar-refractivity contribution in [3.8, 4) is 0 Å². The standard InChI is InChI=1S/C19H21ClN4O3/c20-14-4-6-15(7-5-14)22-19(26)17-3-1-2-16(23-17)18(25)21-8-9-24-10-12-27-13-11-24/h1-7H,8-13H2,(H,21,25)(H,22,26). The molecule has 2 amide bonds. The van der Waals surface area contributed by atoms with Gasteiger partial charge in [0, 0.05) is 36.9 Å². The molecule has 27 heavy (non-hydrogen) atoms. The van der Waals surface area contributed by atoms with Gasteiger partial charge in [-0.2, -0.15) is 0 Å². The summed E-state index contributed by atoms with van der Waals surface area (Å²) in [6, 6.07) is 11.6. The number of carbonyl (C=O) groups excluding carboxylic acids is 2. The van der Waals surface area contributed by atoms with Gasteiger partial charge in [0.1, 0.15) is 11.4 Å². The van der Waals surface area contributed by atoms with Crippen molar-refractivity contribution in [2.75, 3.05) is 44.7 Å². The van der Waals surface area contributed by atoms with E-state index >= 15 is 0 Å². The molecule has 3 rings (SSSR count). The van der Waals surface area contributed by atoms with Crippen LogP contribution in [0.4, 0.5) is 5.69 Å². The molecule has 1 aliphatic rings. The molecule has 1 fully saturated rings. The minimum atomic E-state index is -0.389. The molecule has 7 nitrogen and oxygen atoms in total. The Balaban J connectivity index is 1.54. The highest BCUT2D eigenvalue weighted by molar-refractivity contribution is 6.30. The molecule has 2 N–H and O–H groups in total. The first-order valence-electron chi connectivity index (χ1n) is 8.74. The molecule has 0 atom stereocenters. The zero-order valence-corrected chi connectivity index (χ0v) is 15.5. The van der Waals surface area contributed by atoms with Gasteiger partial charge in [-0.15, -0.1) is 0 Å². The number of anilines is 1. The molecule has 142 valence electrons. The van der Waals surface area contributed by atoms with Crippen LogP contribution in [0.15, 0.2) is 42.5 Å². The summed E-state index contributed by atoms with van der Waals surface area (Å²) in [6.07, 6.45) is 0. The second-order valence-electron chi connectivity index (χ2n) is 6.08. The molecule has 0 aliphatic carbocycles. The summed E-state index contributed by atoms with van der Waals surface area (Å²) in [5, 5.41) is 6.15. The molecule has 1 aromatic heterocycles. The Bertz CT molecular complexity index is 792. The van der Waals surface area contributed by atoms with Crippen molar-refractivity contribution in [1.29, 1.82) is 0 Å². The molecule has 1 aromatic carbocycles. The van der Waals surface area contributed by atoms with Crippen LogP contribution in [0, 0.1) is 0 Å². The first kappa shape index (κ1) is 19.3. The summed E-state index contributed by atoms with van der Waals surface area (Å²) >= 11 is 5.83. The second kappa shape index (κ2) is 9.45. The fraction of sp³-hybridized carbons (Fsp3) is 0.316. The Labute approximate surface area is 162 Å². The molecule has 8 heteroatoms. The third kappa shape index (κ3) is 5.75. The first-order chi connectivity index (χ1) is 13.1. The minimum Gasteiger partial charge on any atom is -0.379 e. The van der Waals surface area contributed by atoms with Gasteiger partial charge in [-0.1, -0.05) is 17.7 Å². The quantitative estimate of drug-likeness (QED) is 0.791. The molecule has 0 unspecified atom stereocenters. The fourth-order valence-electron chi connectivity index (χ4n) is 2.66. The number of nitrogens with one attached hydrogen (secondary N) is 2. The van der Waals surface area contributed by atoms with Crippen LogP contribution < -0.4 is 10.6 Å². The second-order valence-corrected chi connectivity index (χ2v) is 6.52. The zero-order chi connectivity index (χ0) is 19.1. The van der Waals surface area contributed by atoms with Crippen molar-refractivity contribution in [2.45, 2.75) is 0 Å². The predicted octanol–water partition coefficient (Wildman–Crippen LogP) is 2.05. The molecule has 2 heterocycles. The number of benzene rings is 1. The molecule has 0 bridgehead atoms. The van der Waals surface area contributed by atoms with E-state index in [9.17, 15) is 9.59 Å². The van der Waals surface area contributed by atoms with Crippen molar-refractivity contribution in [2.24, 2.45) is 0 Å². The normalized spacial score (nSPS) is 14.6. The summed E-state index contributed by atoms with van der Waals surface area (Å²) < 4.78 is 5.30. The van der Waals surface area contributed by atoms with E-state index in [1.165, 1.54) is 0 Å². The summed E-state index contributed by atoms with van der Waals surface area (Å²) in [5.74, 6) is -0.690. The van der Waals surface area contributed by atoms with Crippen LogP contribution in [0.25, 0.3) is 0 Å². The maximum absolute atomic E-state index is 12.3. The van der Waals surface area contributed by atoms with Gasteiger partial charge < -0.3 is 15.4 Å². The molecular weight excluding hydrogens is 368 g/mol. The minimum absolute atomic E-state index is 0.172. The monoisotopic (exact) mass is 388 g/mol. The van der Waals surface area contributed by atoms with Gasteiger partial charge in [0.2, 0.25) is 0 Å². The van der Waals surface area contributed by atoms with Crippen molar-refractivity contribution in [3.63, 3.8) is 0 Å². The lowest BCUT2D eigenvalue weighted by Crippen LogP contribution is -2.41. The zero-order valence-electron chi connectivity index (χ0n) is 14.8. The number of aromatic nitrogens is 1. The number of pyridine rings is 1. The lowest BCUT2D eigenvalue weighted by molar-refractivity contribution is 0.0383. The van der Waals surface area contributed by atoms with Crippen LogP contribution in [-0.4, -0.2) is 61.1 Å². The predicted molar refractivity (Wildman–Crippen MR) is 103 cm³/mol. The van der Waals surface area contributed by atoms with Crippen LogP contribution in [0.3, 0.4) is 0 Å². The first-order valence-corrected chi connectivity index (χ1v) is 9.12. The molecule has 1 aliphatic heterocycles. The average molecular weight is 389 g/mol. The topological polar surface area (TPSA) is 83.6 Å². The van der Waals surface area contributed by atoms with Crippen LogP contribution in [-0.2, 0) is 4.74 Å². The Morgan fingerprint density at radius 1 is 1.04 bits per heavy atom. The number of morpholine rings is 1. The van der Waals surface area contributed by atoms with Gasteiger partial charge in [0.05, 0.1) is 13.2 Å². The molecule has 1 saturated heterocycles. The Morgan fingerprint density at radius 2 is 1.70 bits per heavy atom. The van der Waals surface area contributed by atoms with Crippen LogP contribution in [0.2, 0.25) is 5.02 Å². The van der Waals surface area contributed by atoms with Gasteiger partial charge >= 0.3 is 0 Å². The van der Waals surface area contributed by atoms with E-state index in [4.69, 9.17) is 16.3 Å². The summed E-state index contributed by atoms with van der Waals surface area (Å²) in [5.41, 5.74) is 0.984. The van der Waals surface area contributed by atoms with E-state index in [2.05, 4.69) is 20.5 Å². The smallest absolute Gasteiger partial charge is 0.274 e. The van der Waals surface area contributed by atoms with Gasteiger partial charge in [-0.3, -0.25) is 14.5 Å².